The van der Waals surface area contributed by atoms with Crippen LogP contribution in [0.3, 0.4) is 0 Å². The minimum absolute atomic E-state index is 0.210. The predicted octanol–water partition coefficient (Wildman–Crippen LogP) is 0.533. The van der Waals surface area contributed by atoms with Gasteiger partial charge in [-0.1, -0.05) is 0 Å². The fourth-order valence-electron chi connectivity index (χ4n) is 2.35. The topological polar surface area (TPSA) is 49.8 Å². The minimum atomic E-state index is 0.210. The highest BCUT2D eigenvalue weighted by Crippen LogP contribution is 2.25. The van der Waals surface area contributed by atoms with Crippen molar-refractivity contribution < 1.29 is 0 Å². The van der Waals surface area contributed by atoms with Crippen molar-refractivity contribution in [3.63, 3.8) is 0 Å². The zero-order valence-electron chi connectivity index (χ0n) is 8.58. The third kappa shape index (κ3) is 1.63. The summed E-state index contributed by atoms with van der Waals surface area (Å²) in [5.74, 6) is 2.48. The molecule has 4 nitrogen and oxygen atoms in total. The van der Waals surface area contributed by atoms with Crippen molar-refractivity contribution in [3.8, 4) is 0 Å². The second-order valence-electron chi connectivity index (χ2n) is 4.34. The lowest BCUT2D eigenvalue weighted by molar-refractivity contribution is 0.439. The molecule has 1 aromatic rings. The molecule has 0 saturated carbocycles. The molecule has 1 saturated heterocycles. The van der Waals surface area contributed by atoms with E-state index in [-0.39, 0.29) is 5.56 Å². The molecule has 3 rings (SSSR count). The van der Waals surface area contributed by atoms with Crippen molar-refractivity contribution in [1.29, 1.82) is 0 Å². The van der Waals surface area contributed by atoms with Gasteiger partial charge >= 0.3 is 0 Å². The number of rotatable bonds is 2. The third-order valence-corrected chi connectivity index (χ3v) is 4.22. The van der Waals surface area contributed by atoms with Gasteiger partial charge in [0.2, 0.25) is 0 Å². The molecule has 0 bridgehead atoms. The summed E-state index contributed by atoms with van der Waals surface area (Å²) in [6.07, 6.45) is 1.19. The molecule has 2 aliphatic rings. The van der Waals surface area contributed by atoms with Crippen molar-refractivity contribution >= 4 is 11.8 Å². The van der Waals surface area contributed by atoms with E-state index in [1.807, 2.05) is 16.4 Å². The second kappa shape index (κ2) is 3.72. The van der Waals surface area contributed by atoms with Crippen molar-refractivity contribution in [3.05, 3.63) is 21.6 Å². The van der Waals surface area contributed by atoms with Crippen LogP contribution in [0.2, 0.25) is 0 Å². The molecule has 3 heterocycles. The number of nitrogens with one attached hydrogen (secondary N) is 2. The Balaban J connectivity index is 1.83. The van der Waals surface area contributed by atoms with Crippen LogP contribution in [0.4, 0.5) is 0 Å². The van der Waals surface area contributed by atoms with Gasteiger partial charge in [0.15, 0.2) is 0 Å². The Morgan fingerprint density at radius 3 is 3.13 bits per heavy atom. The maximum absolute atomic E-state index is 11.9. The van der Waals surface area contributed by atoms with Crippen LogP contribution in [0.15, 0.2) is 4.79 Å². The molecule has 2 aliphatic heterocycles. The largest absolute Gasteiger partial charge is 0.316 e. The molecule has 0 amide bonds. The third-order valence-electron chi connectivity index (χ3n) is 3.23. The summed E-state index contributed by atoms with van der Waals surface area (Å²) in [7, 11) is 0. The van der Waals surface area contributed by atoms with Crippen LogP contribution in [0.25, 0.3) is 0 Å². The average molecular weight is 225 g/mol. The molecule has 1 unspecified atom stereocenters. The van der Waals surface area contributed by atoms with Gasteiger partial charge in [-0.05, 0) is 25.4 Å². The molecule has 5 heteroatoms. The summed E-state index contributed by atoms with van der Waals surface area (Å²) < 4.78 is 1.81. The van der Waals surface area contributed by atoms with Crippen molar-refractivity contribution in [1.82, 2.24) is 15.1 Å². The van der Waals surface area contributed by atoms with Crippen LogP contribution in [0, 0.1) is 5.92 Å². The summed E-state index contributed by atoms with van der Waals surface area (Å²) in [4.78, 5) is 11.9. The second-order valence-corrected chi connectivity index (χ2v) is 5.32. The molecule has 15 heavy (non-hydrogen) atoms. The normalized spacial score (nSPS) is 24.7. The van der Waals surface area contributed by atoms with Crippen molar-refractivity contribution in [2.75, 3.05) is 13.1 Å². The first kappa shape index (κ1) is 9.54. The van der Waals surface area contributed by atoms with Crippen molar-refractivity contribution in [2.24, 2.45) is 5.92 Å². The molecule has 1 fully saturated rings. The Hall–Kier alpha value is -0.680. The molecule has 0 spiro atoms. The fourth-order valence-corrected chi connectivity index (χ4v) is 3.40. The van der Waals surface area contributed by atoms with E-state index in [9.17, 15) is 4.79 Å². The van der Waals surface area contributed by atoms with E-state index in [0.29, 0.717) is 5.92 Å². The van der Waals surface area contributed by atoms with Crippen LogP contribution in [0.1, 0.15) is 17.7 Å². The highest BCUT2D eigenvalue weighted by molar-refractivity contribution is 7.98. The van der Waals surface area contributed by atoms with Gasteiger partial charge in [0.05, 0.1) is 11.3 Å². The van der Waals surface area contributed by atoms with Crippen LogP contribution < -0.4 is 10.9 Å². The number of thioether (sulfide) groups is 1. The lowest BCUT2D eigenvalue weighted by Gasteiger charge is -2.08. The smallest absolute Gasteiger partial charge is 0.270 e. The summed E-state index contributed by atoms with van der Waals surface area (Å²) in [6.45, 7) is 2.99. The van der Waals surface area contributed by atoms with Gasteiger partial charge in [0.1, 0.15) is 0 Å². The molecule has 0 aromatic carbocycles. The van der Waals surface area contributed by atoms with E-state index < -0.39 is 0 Å². The van der Waals surface area contributed by atoms with Crippen LogP contribution in [-0.4, -0.2) is 22.9 Å². The van der Waals surface area contributed by atoms with Gasteiger partial charge in [-0.2, -0.15) is 11.8 Å². The first-order valence-electron chi connectivity index (χ1n) is 5.43. The van der Waals surface area contributed by atoms with Crippen LogP contribution >= 0.6 is 11.8 Å². The summed E-state index contributed by atoms with van der Waals surface area (Å²) >= 11 is 1.82. The van der Waals surface area contributed by atoms with E-state index in [2.05, 4.69) is 10.4 Å². The molecule has 1 atom stereocenters. The number of hydrogen-bond donors (Lipinski definition) is 2. The highest BCUT2D eigenvalue weighted by atomic mass is 32.2. The molecule has 0 aliphatic carbocycles. The Bertz CT molecular complexity index is 417. The Labute approximate surface area is 92.4 Å². The standard InChI is InChI=1S/C10H15N3OS/c14-10-8-5-15-6-9(8)12-13(10)4-7-1-2-11-3-7/h7,11-12H,1-6H2. The molecule has 1 aromatic heterocycles. The SMILES string of the molecule is O=c1c2c([nH]n1CC1CCNC1)CSC2. The number of aromatic amines is 1. The Kier molecular flexibility index (Phi) is 2.36. The van der Waals surface area contributed by atoms with E-state index in [4.69, 9.17) is 0 Å². The minimum Gasteiger partial charge on any atom is -0.316 e. The Morgan fingerprint density at radius 2 is 2.40 bits per heavy atom. The van der Waals surface area contributed by atoms with Crippen molar-refractivity contribution in [2.45, 2.75) is 24.5 Å². The molecular weight excluding hydrogens is 210 g/mol. The molecular formula is C10H15N3OS. The summed E-state index contributed by atoms with van der Waals surface area (Å²) in [5.41, 5.74) is 2.36. The van der Waals surface area contributed by atoms with E-state index in [0.717, 1.165) is 42.4 Å². The van der Waals surface area contributed by atoms with E-state index in [1.165, 1.54) is 6.42 Å². The fraction of sp³-hybridized carbons (Fsp3) is 0.700. The van der Waals surface area contributed by atoms with Crippen LogP contribution in [0.5, 0.6) is 0 Å². The summed E-state index contributed by atoms with van der Waals surface area (Å²) in [6, 6.07) is 0. The zero-order valence-corrected chi connectivity index (χ0v) is 9.40. The number of aromatic nitrogens is 2. The molecule has 0 radical (unpaired) electrons. The first-order valence-corrected chi connectivity index (χ1v) is 6.59. The first-order chi connectivity index (χ1) is 7.34. The van der Waals surface area contributed by atoms with Gasteiger partial charge < -0.3 is 5.32 Å². The van der Waals surface area contributed by atoms with Gasteiger partial charge in [-0.3, -0.25) is 14.6 Å². The number of H-pyrrole nitrogens is 1. The average Bonchev–Trinajstić information content (AvgIpc) is 2.89. The quantitative estimate of drug-likeness (QED) is 0.772. The lowest BCUT2D eigenvalue weighted by Crippen LogP contribution is -2.24. The number of fused-ring (bicyclic) bond motifs is 1. The number of hydrogen-bond acceptors (Lipinski definition) is 3. The van der Waals surface area contributed by atoms with Gasteiger partial charge in [-0.15, -0.1) is 0 Å². The van der Waals surface area contributed by atoms with Crippen LogP contribution in [-0.2, 0) is 18.1 Å². The van der Waals surface area contributed by atoms with Gasteiger partial charge in [0.25, 0.3) is 5.56 Å². The number of nitrogens with zero attached hydrogens (tertiary/aromatic N) is 1. The Morgan fingerprint density at radius 1 is 1.47 bits per heavy atom. The maximum Gasteiger partial charge on any atom is 0.270 e. The zero-order chi connectivity index (χ0) is 10.3. The van der Waals surface area contributed by atoms with Gasteiger partial charge in [-0.25, -0.2) is 0 Å². The molecule has 2 N–H and O–H groups in total. The highest BCUT2D eigenvalue weighted by Gasteiger charge is 2.22. The summed E-state index contributed by atoms with van der Waals surface area (Å²) in [5, 5.41) is 6.57. The predicted molar refractivity (Wildman–Crippen MR) is 61.0 cm³/mol. The van der Waals surface area contributed by atoms with E-state index in [1.54, 1.807) is 0 Å². The maximum atomic E-state index is 11.9. The van der Waals surface area contributed by atoms with E-state index >= 15 is 0 Å². The molecule has 82 valence electrons. The lowest BCUT2D eigenvalue weighted by atomic mass is 10.1. The monoisotopic (exact) mass is 225 g/mol. The van der Waals surface area contributed by atoms with Gasteiger partial charge in [0, 0.05) is 18.1 Å².